The fraction of sp³-hybridized carbons (Fsp3) is 0.375. The number of aryl methyl sites for hydroxylation is 2. The van der Waals surface area contributed by atoms with Gasteiger partial charge in [-0.15, -0.1) is 0 Å². The Labute approximate surface area is 185 Å². The minimum absolute atomic E-state index is 0.133. The van der Waals surface area contributed by atoms with Crippen molar-refractivity contribution in [3.05, 3.63) is 58.1 Å². The van der Waals surface area contributed by atoms with Crippen LogP contribution in [0.15, 0.2) is 36.4 Å². The first kappa shape index (κ1) is 19.0. The second-order valence-corrected chi connectivity index (χ2v) is 9.50. The second-order valence-electron chi connectivity index (χ2n) is 9.09. The van der Waals surface area contributed by atoms with Gasteiger partial charge in [0.25, 0.3) is 0 Å². The van der Waals surface area contributed by atoms with E-state index >= 15 is 0 Å². The molecule has 3 saturated heterocycles. The molecule has 4 aliphatic rings. The Balaban J connectivity index is 1.60. The molecule has 1 spiro atoms. The van der Waals surface area contributed by atoms with E-state index in [1.807, 2.05) is 26.0 Å². The van der Waals surface area contributed by atoms with Crippen molar-refractivity contribution in [2.75, 3.05) is 16.8 Å². The molecule has 7 heteroatoms. The zero-order valence-corrected chi connectivity index (χ0v) is 18.1. The lowest BCUT2D eigenvalue weighted by atomic mass is 9.75. The number of anilines is 2. The molecule has 4 aliphatic heterocycles. The van der Waals surface area contributed by atoms with E-state index in [-0.39, 0.29) is 23.8 Å². The van der Waals surface area contributed by atoms with E-state index in [9.17, 15) is 14.4 Å². The number of fused-ring (bicyclic) bond motifs is 7. The highest BCUT2D eigenvalue weighted by Gasteiger charge is 2.74. The number of imide groups is 1. The predicted molar refractivity (Wildman–Crippen MR) is 117 cm³/mol. The lowest BCUT2D eigenvalue weighted by Gasteiger charge is -2.37. The summed E-state index contributed by atoms with van der Waals surface area (Å²) in [5, 5.41) is 3.41. The molecule has 2 aromatic rings. The van der Waals surface area contributed by atoms with E-state index in [0.717, 1.165) is 35.2 Å². The van der Waals surface area contributed by atoms with Crippen LogP contribution in [0.4, 0.5) is 11.4 Å². The number of nitrogens with one attached hydrogen (secondary N) is 1. The highest BCUT2D eigenvalue weighted by Crippen LogP contribution is 2.61. The molecule has 2 aromatic carbocycles. The van der Waals surface area contributed by atoms with Crippen molar-refractivity contribution in [2.24, 2.45) is 11.8 Å². The Morgan fingerprint density at radius 3 is 2.65 bits per heavy atom. The molecule has 0 aliphatic carbocycles. The van der Waals surface area contributed by atoms with Crippen molar-refractivity contribution >= 4 is 40.7 Å². The van der Waals surface area contributed by atoms with Gasteiger partial charge in [-0.2, -0.15) is 0 Å². The summed E-state index contributed by atoms with van der Waals surface area (Å²) in [5.74, 6) is -2.09. The average Bonchev–Trinajstić information content (AvgIpc) is 3.42. The van der Waals surface area contributed by atoms with Gasteiger partial charge < -0.3 is 5.32 Å². The maximum Gasteiger partial charge on any atom is 0.250 e. The van der Waals surface area contributed by atoms with E-state index in [1.54, 1.807) is 24.3 Å². The fourth-order valence-electron chi connectivity index (χ4n) is 6.53. The van der Waals surface area contributed by atoms with Gasteiger partial charge in [-0.25, -0.2) is 4.90 Å². The number of amides is 3. The van der Waals surface area contributed by atoms with Crippen LogP contribution in [-0.2, 0) is 19.9 Å². The van der Waals surface area contributed by atoms with Crippen LogP contribution in [0.3, 0.4) is 0 Å². The van der Waals surface area contributed by atoms with Crippen LogP contribution in [-0.4, -0.2) is 35.2 Å². The molecule has 0 aromatic heterocycles. The molecule has 3 amide bonds. The van der Waals surface area contributed by atoms with Gasteiger partial charge >= 0.3 is 0 Å². The molecular formula is C24H22ClN3O3. The number of hydrogen-bond donors (Lipinski definition) is 1. The molecule has 0 saturated carbocycles. The van der Waals surface area contributed by atoms with Gasteiger partial charge in [-0.05, 0) is 50.9 Å². The molecule has 0 radical (unpaired) electrons. The number of carbonyl (C=O) groups excluding carboxylic acids is 3. The van der Waals surface area contributed by atoms with Crippen molar-refractivity contribution in [2.45, 2.75) is 38.3 Å². The third-order valence-corrected chi connectivity index (χ3v) is 7.86. The summed E-state index contributed by atoms with van der Waals surface area (Å²) < 4.78 is 0. The Bertz CT molecular complexity index is 1190. The zero-order chi connectivity index (χ0) is 21.7. The minimum atomic E-state index is -1.15. The van der Waals surface area contributed by atoms with Crippen molar-refractivity contribution in [1.29, 1.82) is 0 Å². The van der Waals surface area contributed by atoms with Gasteiger partial charge in [-0.1, -0.05) is 41.4 Å². The average molecular weight is 436 g/mol. The molecule has 0 bridgehead atoms. The molecule has 6 rings (SSSR count). The molecule has 1 N–H and O–H groups in total. The van der Waals surface area contributed by atoms with E-state index in [4.69, 9.17) is 11.6 Å². The Morgan fingerprint density at radius 1 is 1.10 bits per heavy atom. The Kier molecular flexibility index (Phi) is 3.79. The van der Waals surface area contributed by atoms with Crippen LogP contribution >= 0.6 is 11.6 Å². The number of carbonyl (C=O) groups is 3. The number of nitrogens with zero attached hydrogens (tertiary/aromatic N) is 2. The zero-order valence-electron chi connectivity index (χ0n) is 17.3. The number of para-hydroxylation sites is 1. The normalized spacial score (nSPS) is 31.4. The SMILES string of the molecule is Cc1cc(C)c2c(c1)[C@]1(C(=O)N2)[C@H]2C(=O)N(c3ccccc3Cl)C(=O)[C@@H]2[C@H]2CCCN21. The number of rotatable bonds is 1. The van der Waals surface area contributed by atoms with Crippen LogP contribution in [0.1, 0.15) is 29.5 Å². The summed E-state index contributed by atoms with van der Waals surface area (Å²) in [6, 6.07) is 10.8. The first-order chi connectivity index (χ1) is 14.9. The first-order valence-electron chi connectivity index (χ1n) is 10.7. The Morgan fingerprint density at radius 2 is 1.87 bits per heavy atom. The van der Waals surface area contributed by atoms with Gasteiger partial charge in [0.2, 0.25) is 17.7 Å². The lowest BCUT2D eigenvalue weighted by molar-refractivity contribution is -0.135. The van der Waals surface area contributed by atoms with Crippen LogP contribution in [0.2, 0.25) is 5.02 Å². The van der Waals surface area contributed by atoms with Gasteiger partial charge in [-0.3, -0.25) is 19.3 Å². The third-order valence-electron chi connectivity index (χ3n) is 7.54. The van der Waals surface area contributed by atoms with E-state index in [2.05, 4.69) is 10.2 Å². The topological polar surface area (TPSA) is 69.7 Å². The summed E-state index contributed by atoms with van der Waals surface area (Å²) >= 11 is 6.37. The van der Waals surface area contributed by atoms with Crippen molar-refractivity contribution in [3.8, 4) is 0 Å². The van der Waals surface area contributed by atoms with Gasteiger partial charge in [0.1, 0.15) is 5.54 Å². The van der Waals surface area contributed by atoms with Gasteiger partial charge in [0.05, 0.1) is 22.5 Å². The minimum Gasteiger partial charge on any atom is -0.324 e. The molecular weight excluding hydrogens is 414 g/mol. The van der Waals surface area contributed by atoms with Crippen molar-refractivity contribution in [1.82, 2.24) is 4.90 Å². The maximum absolute atomic E-state index is 13.9. The van der Waals surface area contributed by atoms with E-state index in [1.165, 1.54) is 4.90 Å². The summed E-state index contributed by atoms with van der Waals surface area (Å²) in [6.07, 6.45) is 1.70. The second kappa shape index (κ2) is 6.17. The molecule has 0 unspecified atom stereocenters. The predicted octanol–water partition coefficient (Wildman–Crippen LogP) is 3.39. The number of hydrogen-bond acceptors (Lipinski definition) is 4. The monoisotopic (exact) mass is 435 g/mol. The van der Waals surface area contributed by atoms with Gasteiger partial charge in [0.15, 0.2) is 0 Å². The summed E-state index contributed by atoms with van der Waals surface area (Å²) in [5.41, 5.74) is 2.85. The highest BCUT2D eigenvalue weighted by atomic mass is 35.5. The van der Waals surface area contributed by atoms with Crippen molar-refractivity contribution in [3.63, 3.8) is 0 Å². The van der Waals surface area contributed by atoms with Crippen LogP contribution in [0, 0.1) is 25.7 Å². The van der Waals surface area contributed by atoms with Crippen LogP contribution < -0.4 is 10.2 Å². The summed E-state index contributed by atoms with van der Waals surface area (Å²) in [6.45, 7) is 4.66. The smallest absolute Gasteiger partial charge is 0.250 e. The molecule has 31 heavy (non-hydrogen) atoms. The fourth-order valence-corrected chi connectivity index (χ4v) is 6.75. The van der Waals surface area contributed by atoms with Crippen LogP contribution in [0.5, 0.6) is 0 Å². The molecule has 158 valence electrons. The molecule has 6 nitrogen and oxygen atoms in total. The first-order valence-corrected chi connectivity index (χ1v) is 11.1. The third kappa shape index (κ3) is 2.14. The summed E-state index contributed by atoms with van der Waals surface area (Å²) in [7, 11) is 0. The molecule has 3 fully saturated rings. The molecule has 4 atom stereocenters. The van der Waals surface area contributed by atoms with Gasteiger partial charge in [0, 0.05) is 17.3 Å². The molecule has 4 heterocycles. The summed E-state index contributed by atoms with van der Waals surface area (Å²) in [4.78, 5) is 44.7. The maximum atomic E-state index is 13.9. The van der Waals surface area contributed by atoms with E-state index < -0.39 is 17.4 Å². The van der Waals surface area contributed by atoms with E-state index in [0.29, 0.717) is 17.3 Å². The highest BCUT2D eigenvalue weighted by molar-refractivity contribution is 6.36. The van der Waals surface area contributed by atoms with Crippen LogP contribution in [0.25, 0.3) is 0 Å². The lowest BCUT2D eigenvalue weighted by Crippen LogP contribution is -2.54. The van der Waals surface area contributed by atoms with Crippen molar-refractivity contribution < 1.29 is 14.4 Å². The Hall–Kier alpha value is -2.70. The number of benzene rings is 2. The number of halogens is 1. The standard InChI is InChI=1S/C24H22ClN3O3/c1-12-10-13(2)20-14(11-12)24(23(31)26-20)19-18(17-8-5-9-27(17)24)21(29)28(22(19)30)16-7-4-3-6-15(16)25/h3-4,6-7,10-11,17-19H,5,8-9H2,1-2H3,(H,26,31)/t17-,18-,19-,24-/m1/s1. The quantitative estimate of drug-likeness (QED) is 0.697. The largest absolute Gasteiger partial charge is 0.324 e.